The monoisotopic (exact) mass is 357 g/mol. The van der Waals surface area contributed by atoms with Crippen LogP contribution in [0.4, 0.5) is 10.5 Å². The van der Waals surface area contributed by atoms with Crippen molar-refractivity contribution < 1.29 is 9.53 Å². The Labute approximate surface area is 155 Å². The van der Waals surface area contributed by atoms with Crippen LogP contribution in [0.1, 0.15) is 41.7 Å². The molecule has 0 unspecified atom stereocenters. The van der Waals surface area contributed by atoms with Crippen molar-refractivity contribution in [3.8, 4) is 5.75 Å². The summed E-state index contributed by atoms with van der Waals surface area (Å²) in [5.41, 5.74) is 6.82. The average molecular weight is 358 g/mol. The summed E-state index contributed by atoms with van der Waals surface area (Å²) in [6.45, 7) is 8.93. The second kappa shape index (κ2) is 8.95. The number of amides is 1. The van der Waals surface area contributed by atoms with Gasteiger partial charge in [-0.3, -0.25) is 4.79 Å². The first-order chi connectivity index (χ1) is 12.0. The predicted octanol–water partition coefficient (Wildman–Crippen LogP) is 5.90. The minimum absolute atomic E-state index is 0.0613. The topological polar surface area (TPSA) is 38.3 Å². The Morgan fingerprint density at radius 3 is 2.44 bits per heavy atom. The van der Waals surface area contributed by atoms with E-state index in [4.69, 9.17) is 4.74 Å². The predicted molar refractivity (Wildman–Crippen MR) is 108 cm³/mol. The van der Waals surface area contributed by atoms with Gasteiger partial charge in [0.2, 0.25) is 0 Å². The van der Waals surface area contributed by atoms with E-state index in [1.54, 1.807) is 6.26 Å². The lowest BCUT2D eigenvalue weighted by Gasteiger charge is -2.17. The van der Waals surface area contributed by atoms with Crippen LogP contribution in [0.3, 0.4) is 0 Å². The molecule has 0 aromatic heterocycles. The molecule has 0 aliphatic carbocycles. The van der Waals surface area contributed by atoms with E-state index in [0.717, 1.165) is 35.4 Å². The van der Waals surface area contributed by atoms with Crippen molar-refractivity contribution in [2.24, 2.45) is 0 Å². The van der Waals surface area contributed by atoms with Gasteiger partial charge in [0.15, 0.2) is 0 Å². The molecule has 0 fully saturated rings. The fraction of sp³-hybridized carbons (Fsp3) is 0.381. The minimum atomic E-state index is -0.0613. The Morgan fingerprint density at radius 2 is 1.80 bits per heavy atom. The molecule has 0 aliphatic rings. The number of anilines is 1. The molecule has 0 aliphatic heterocycles. The fourth-order valence-electron chi connectivity index (χ4n) is 2.95. The number of rotatable bonds is 6. The number of nitrogens with one attached hydrogen (secondary N) is 1. The number of ether oxygens (including phenoxy) is 1. The number of hydrogen-bond acceptors (Lipinski definition) is 3. The molecule has 3 nitrogen and oxygen atoms in total. The van der Waals surface area contributed by atoms with Crippen molar-refractivity contribution in [2.45, 2.75) is 47.1 Å². The van der Waals surface area contributed by atoms with Crippen molar-refractivity contribution in [1.82, 2.24) is 0 Å². The smallest absolute Gasteiger partial charge is 0.283 e. The summed E-state index contributed by atoms with van der Waals surface area (Å²) in [4.78, 5) is 11.8. The zero-order valence-corrected chi connectivity index (χ0v) is 16.5. The van der Waals surface area contributed by atoms with Gasteiger partial charge in [0.25, 0.3) is 5.24 Å². The number of carbonyl (C=O) groups is 1. The molecule has 0 spiro atoms. The van der Waals surface area contributed by atoms with Gasteiger partial charge >= 0.3 is 0 Å². The molecule has 25 heavy (non-hydrogen) atoms. The summed E-state index contributed by atoms with van der Waals surface area (Å²) in [7, 11) is 0. The molecule has 134 valence electrons. The first-order valence-electron chi connectivity index (χ1n) is 8.68. The lowest BCUT2D eigenvalue weighted by Crippen LogP contribution is -2.10. The normalized spacial score (nSPS) is 10.6. The highest BCUT2D eigenvalue weighted by Crippen LogP contribution is 2.27. The van der Waals surface area contributed by atoms with Crippen molar-refractivity contribution in [2.75, 3.05) is 11.6 Å². The van der Waals surface area contributed by atoms with Gasteiger partial charge in [0, 0.05) is 11.3 Å². The molecule has 1 N–H and O–H groups in total. The van der Waals surface area contributed by atoms with Crippen molar-refractivity contribution in [3.05, 3.63) is 58.1 Å². The summed E-state index contributed by atoms with van der Waals surface area (Å²) in [5, 5.41) is 2.90. The lowest BCUT2D eigenvalue weighted by molar-refractivity contribution is 0.269. The molecular formula is C21H27NO2S. The van der Waals surface area contributed by atoms with E-state index in [1.807, 2.05) is 12.1 Å². The summed E-state index contributed by atoms with van der Waals surface area (Å²) in [5.74, 6) is 0.905. The number of thioether (sulfide) groups is 1. The molecule has 2 aromatic rings. The van der Waals surface area contributed by atoms with Crippen LogP contribution in [-0.4, -0.2) is 11.5 Å². The van der Waals surface area contributed by atoms with Crippen molar-refractivity contribution in [3.63, 3.8) is 0 Å². The Kier molecular flexibility index (Phi) is 6.94. The van der Waals surface area contributed by atoms with E-state index in [-0.39, 0.29) is 5.24 Å². The van der Waals surface area contributed by atoms with Crippen LogP contribution in [0.15, 0.2) is 30.3 Å². The van der Waals surface area contributed by atoms with Gasteiger partial charge in [-0.1, -0.05) is 43.8 Å². The SMILES string of the molecule is CCc1cc(C)c(OCc2c(CC)cccc2NC(=O)SC)cc1C. The van der Waals surface area contributed by atoms with E-state index in [2.05, 4.69) is 51.2 Å². The molecule has 0 radical (unpaired) electrons. The highest BCUT2D eigenvalue weighted by molar-refractivity contribution is 8.13. The maximum atomic E-state index is 11.8. The van der Waals surface area contributed by atoms with Gasteiger partial charge in [0.05, 0.1) is 0 Å². The van der Waals surface area contributed by atoms with Crippen molar-refractivity contribution in [1.29, 1.82) is 0 Å². The lowest BCUT2D eigenvalue weighted by atomic mass is 10.0. The Balaban J connectivity index is 2.28. The molecule has 0 atom stereocenters. The molecule has 0 saturated carbocycles. The van der Waals surface area contributed by atoms with Gasteiger partial charge in [-0.25, -0.2) is 0 Å². The first-order valence-corrected chi connectivity index (χ1v) is 9.91. The largest absolute Gasteiger partial charge is 0.489 e. The van der Waals surface area contributed by atoms with E-state index >= 15 is 0 Å². The summed E-state index contributed by atoms with van der Waals surface area (Å²) < 4.78 is 6.14. The third kappa shape index (κ3) is 4.79. The van der Waals surface area contributed by atoms with Gasteiger partial charge in [-0.15, -0.1) is 0 Å². The second-order valence-corrected chi connectivity index (χ2v) is 6.88. The molecule has 1 amide bonds. The van der Waals surface area contributed by atoms with Crippen LogP contribution in [0.5, 0.6) is 5.75 Å². The third-order valence-corrected chi connectivity index (χ3v) is 4.94. The summed E-state index contributed by atoms with van der Waals surface area (Å²) in [6, 6.07) is 10.3. The van der Waals surface area contributed by atoms with Crippen molar-refractivity contribution >= 4 is 22.7 Å². The quantitative estimate of drug-likeness (QED) is 0.699. The van der Waals surface area contributed by atoms with Crippen LogP contribution in [-0.2, 0) is 19.4 Å². The number of carbonyl (C=O) groups excluding carboxylic acids is 1. The van der Waals surface area contributed by atoms with E-state index in [1.165, 1.54) is 28.5 Å². The van der Waals surface area contributed by atoms with Crippen LogP contribution in [0, 0.1) is 13.8 Å². The zero-order valence-electron chi connectivity index (χ0n) is 15.7. The maximum absolute atomic E-state index is 11.8. The van der Waals surface area contributed by atoms with E-state index in [9.17, 15) is 4.79 Å². The van der Waals surface area contributed by atoms with Gasteiger partial charge in [0.1, 0.15) is 12.4 Å². The summed E-state index contributed by atoms with van der Waals surface area (Å²) >= 11 is 1.17. The Morgan fingerprint density at radius 1 is 1.08 bits per heavy atom. The molecule has 0 saturated heterocycles. The first kappa shape index (κ1) is 19.4. The van der Waals surface area contributed by atoms with Crippen LogP contribution < -0.4 is 10.1 Å². The van der Waals surface area contributed by atoms with E-state index < -0.39 is 0 Å². The van der Waals surface area contributed by atoms with E-state index in [0.29, 0.717) is 6.61 Å². The average Bonchev–Trinajstić information content (AvgIpc) is 2.62. The molecule has 2 aromatic carbocycles. The Hall–Kier alpha value is -1.94. The van der Waals surface area contributed by atoms with Gasteiger partial charge < -0.3 is 10.1 Å². The molecule has 0 heterocycles. The highest BCUT2D eigenvalue weighted by Gasteiger charge is 2.12. The standard InChI is InChI=1S/C21H27NO2S/c1-6-16-9-8-10-19(22-21(23)25-5)18(16)13-24-20-12-14(3)17(7-2)11-15(20)4/h8-12H,6-7,13H2,1-5H3,(H,22,23). The molecular weight excluding hydrogens is 330 g/mol. The molecule has 4 heteroatoms. The third-order valence-electron chi connectivity index (χ3n) is 4.46. The van der Waals surface area contributed by atoms with Gasteiger partial charge in [-0.2, -0.15) is 0 Å². The Bertz CT molecular complexity index is 756. The fourth-order valence-corrected chi connectivity index (χ4v) is 3.16. The number of aryl methyl sites for hydroxylation is 4. The number of benzene rings is 2. The van der Waals surface area contributed by atoms with Gasteiger partial charge in [-0.05, 0) is 67.3 Å². The number of hydrogen-bond donors (Lipinski definition) is 1. The van der Waals surface area contributed by atoms with Crippen LogP contribution >= 0.6 is 11.8 Å². The molecule has 2 rings (SSSR count). The molecule has 0 bridgehead atoms. The summed E-state index contributed by atoms with van der Waals surface area (Å²) in [6.07, 6.45) is 3.70. The maximum Gasteiger partial charge on any atom is 0.283 e. The van der Waals surface area contributed by atoms with Crippen LogP contribution in [0.2, 0.25) is 0 Å². The second-order valence-electron chi connectivity index (χ2n) is 6.10. The van der Waals surface area contributed by atoms with Crippen LogP contribution in [0.25, 0.3) is 0 Å². The highest BCUT2D eigenvalue weighted by atomic mass is 32.2. The minimum Gasteiger partial charge on any atom is -0.489 e. The zero-order chi connectivity index (χ0) is 18.4.